The molecule has 190 valence electrons. The molecule has 0 radical (unpaired) electrons. The third kappa shape index (κ3) is 6.98. The number of fused-ring (bicyclic) bond motifs is 1. The van der Waals surface area contributed by atoms with Crippen LogP contribution in [0.15, 0.2) is 102 Å². The standard InChI is InChI=1S/C26H20N4O2S.2C2H6/c1-33-21-9-10-22(24(16-21)32-20-11-13-27-14-12-20)26(31)28-19-7-5-18(6-8-19)23-17-30-15-3-2-4-25(30)29-23;2*1-2/h2-17H,1H3,(H,28,31);2*1-2H3. The van der Waals surface area contributed by atoms with Crippen molar-refractivity contribution in [1.82, 2.24) is 14.4 Å². The maximum absolute atomic E-state index is 13.1. The summed E-state index contributed by atoms with van der Waals surface area (Å²) in [5, 5.41) is 2.96. The van der Waals surface area contributed by atoms with Crippen LogP contribution in [0.5, 0.6) is 11.5 Å². The molecule has 7 heteroatoms. The normalized spacial score (nSPS) is 9.97. The van der Waals surface area contributed by atoms with E-state index in [4.69, 9.17) is 4.74 Å². The second-order valence-electron chi connectivity index (χ2n) is 7.27. The number of aromatic nitrogens is 3. The lowest BCUT2D eigenvalue weighted by molar-refractivity contribution is 0.102. The van der Waals surface area contributed by atoms with Gasteiger partial charge in [0.2, 0.25) is 0 Å². The lowest BCUT2D eigenvalue weighted by Gasteiger charge is -2.13. The van der Waals surface area contributed by atoms with Gasteiger partial charge in [-0.1, -0.05) is 45.9 Å². The number of benzene rings is 2. The Labute approximate surface area is 222 Å². The van der Waals surface area contributed by atoms with Gasteiger partial charge in [0.15, 0.2) is 0 Å². The Morgan fingerprint density at radius 3 is 2.32 bits per heavy atom. The smallest absolute Gasteiger partial charge is 0.259 e. The average Bonchev–Trinajstić information content (AvgIpc) is 3.40. The molecule has 0 saturated heterocycles. The molecule has 3 heterocycles. The number of pyridine rings is 2. The number of carbonyl (C=O) groups is 1. The quantitative estimate of drug-likeness (QED) is 0.232. The van der Waals surface area contributed by atoms with Gasteiger partial charge in [0, 0.05) is 40.9 Å². The lowest BCUT2D eigenvalue weighted by Crippen LogP contribution is -2.13. The number of anilines is 1. The summed E-state index contributed by atoms with van der Waals surface area (Å²) < 4.78 is 7.97. The van der Waals surface area contributed by atoms with Gasteiger partial charge in [-0.25, -0.2) is 4.98 Å². The average molecular weight is 513 g/mol. The number of nitrogens with one attached hydrogen (secondary N) is 1. The van der Waals surface area contributed by atoms with Crippen LogP contribution in [0.2, 0.25) is 0 Å². The second kappa shape index (κ2) is 13.8. The van der Waals surface area contributed by atoms with E-state index in [0.29, 0.717) is 22.7 Å². The maximum atomic E-state index is 13.1. The molecule has 5 rings (SSSR count). The van der Waals surface area contributed by atoms with Gasteiger partial charge >= 0.3 is 0 Å². The van der Waals surface area contributed by atoms with Crippen molar-refractivity contribution in [2.75, 3.05) is 11.6 Å². The lowest BCUT2D eigenvalue weighted by atomic mass is 10.1. The maximum Gasteiger partial charge on any atom is 0.259 e. The predicted octanol–water partition coefficient (Wildman–Crippen LogP) is 8.22. The molecule has 1 amide bonds. The number of hydrogen-bond acceptors (Lipinski definition) is 5. The molecule has 0 aliphatic carbocycles. The van der Waals surface area contributed by atoms with Crippen LogP contribution in [0.3, 0.4) is 0 Å². The van der Waals surface area contributed by atoms with Crippen LogP contribution in [-0.4, -0.2) is 26.5 Å². The SMILES string of the molecule is CC.CC.CSc1ccc(C(=O)Nc2ccc(-c3cn4ccccc4n3)cc2)c(Oc2ccncc2)c1. The molecular formula is C30H32N4O2S. The molecule has 1 N–H and O–H groups in total. The van der Waals surface area contributed by atoms with Gasteiger partial charge < -0.3 is 14.5 Å². The number of amides is 1. The summed E-state index contributed by atoms with van der Waals surface area (Å²) >= 11 is 1.59. The highest BCUT2D eigenvalue weighted by atomic mass is 32.2. The molecule has 6 nitrogen and oxygen atoms in total. The summed E-state index contributed by atoms with van der Waals surface area (Å²) in [5.74, 6) is 0.869. The van der Waals surface area contributed by atoms with Crippen LogP contribution < -0.4 is 10.1 Å². The number of rotatable bonds is 6. The van der Waals surface area contributed by atoms with Crippen molar-refractivity contribution in [2.24, 2.45) is 0 Å². The number of nitrogens with zero attached hydrogens (tertiary/aromatic N) is 3. The number of ether oxygens (including phenoxy) is 1. The van der Waals surface area contributed by atoms with Gasteiger partial charge in [-0.3, -0.25) is 9.78 Å². The van der Waals surface area contributed by atoms with Gasteiger partial charge in [-0.2, -0.15) is 0 Å². The van der Waals surface area contributed by atoms with E-state index in [1.165, 1.54) is 0 Å². The number of thioether (sulfide) groups is 1. The molecule has 5 aromatic rings. The summed E-state index contributed by atoms with van der Waals surface area (Å²) in [7, 11) is 0. The summed E-state index contributed by atoms with van der Waals surface area (Å²) in [6.45, 7) is 8.00. The summed E-state index contributed by atoms with van der Waals surface area (Å²) in [5.41, 5.74) is 3.88. The summed E-state index contributed by atoms with van der Waals surface area (Å²) in [6, 6.07) is 22.6. The first-order valence-electron chi connectivity index (χ1n) is 12.3. The number of carbonyl (C=O) groups excluding carboxylic acids is 1. The van der Waals surface area contributed by atoms with E-state index in [9.17, 15) is 4.79 Å². The van der Waals surface area contributed by atoms with E-state index in [1.54, 1.807) is 42.4 Å². The van der Waals surface area contributed by atoms with Crippen LogP contribution in [0.4, 0.5) is 5.69 Å². The largest absolute Gasteiger partial charge is 0.456 e. The van der Waals surface area contributed by atoms with Crippen molar-refractivity contribution in [1.29, 1.82) is 0 Å². The zero-order valence-electron chi connectivity index (χ0n) is 21.8. The molecule has 37 heavy (non-hydrogen) atoms. The minimum Gasteiger partial charge on any atom is -0.456 e. The molecule has 0 spiro atoms. The molecule has 0 aliphatic heterocycles. The monoisotopic (exact) mass is 512 g/mol. The first-order chi connectivity index (χ1) is 18.2. The van der Waals surface area contributed by atoms with Crippen molar-refractivity contribution in [2.45, 2.75) is 32.6 Å². The van der Waals surface area contributed by atoms with E-state index < -0.39 is 0 Å². The molecular weight excluding hydrogens is 480 g/mol. The first kappa shape index (κ1) is 27.5. The van der Waals surface area contributed by atoms with Gasteiger partial charge in [-0.05, 0) is 60.9 Å². The zero-order valence-corrected chi connectivity index (χ0v) is 22.6. The number of imidazole rings is 1. The van der Waals surface area contributed by atoms with Crippen molar-refractivity contribution in [3.63, 3.8) is 0 Å². The van der Waals surface area contributed by atoms with Crippen molar-refractivity contribution in [3.8, 4) is 22.8 Å². The van der Waals surface area contributed by atoms with Crippen molar-refractivity contribution >= 4 is 29.0 Å². The summed E-state index contributed by atoms with van der Waals surface area (Å²) in [6.07, 6.45) is 9.24. The topological polar surface area (TPSA) is 68.5 Å². The Morgan fingerprint density at radius 1 is 0.919 bits per heavy atom. The Balaban J connectivity index is 0.000000907. The molecule has 0 unspecified atom stereocenters. The van der Waals surface area contributed by atoms with Crippen LogP contribution in [-0.2, 0) is 0 Å². The fourth-order valence-corrected chi connectivity index (χ4v) is 3.86. The van der Waals surface area contributed by atoms with E-state index in [1.807, 2.05) is 105 Å². The Bertz CT molecular complexity index is 1380. The van der Waals surface area contributed by atoms with Gasteiger partial charge in [0.05, 0.1) is 11.3 Å². The molecule has 0 aliphatic rings. The van der Waals surface area contributed by atoms with Crippen LogP contribution >= 0.6 is 11.8 Å². The predicted molar refractivity (Wildman–Crippen MR) is 154 cm³/mol. The second-order valence-corrected chi connectivity index (χ2v) is 8.15. The molecule has 0 fully saturated rings. The van der Waals surface area contributed by atoms with Crippen LogP contribution in [0, 0.1) is 0 Å². The minimum atomic E-state index is -0.243. The molecule has 0 atom stereocenters. The first-order valence-corrected chi connectivity index (χ1v) is 13.5. The van der Waals surface area contributed by atoms with E-state index >= 15 is 0 Å². The minimum absolute atomic E-state index is 0.243. The third-order valence-corrected chi connectivity index (χ3v) is 5.84. The van der Waals surface area contributed by atoms with Gasteiger partial charge in [0.1, 0.15) is 17.1 Å². The highest BCUT2D eigenvalue weighted by Crippen LogP contribution is 2.30. The third-order valence-electron chi connectivity index (χ3n) is 5.11. The number of hydrogen-bond donors (Lipinski definition) is 1. The molecule has 3 aromatic heterocycles. The fraction of sp³-hybridized carbons (Fsp3) is 0.167. The highest BCUT2D eigenvalue weighted by Gasteiger charge is 2.15. The zero-order chi connectivity index (χ0) is 26.6. The van der Waals surface area contributed by atoms with E-state index in [0.717, 1.165) is 21.8 Å². The van der Waals surface area contributed by atoms with Crippen molar-refractivity contribution in [3.05, 3.63) is 103 Å². The van der Waals surface area contributed by atoms with E-state index in [-0.39, 0.29) is 5.91 Å². The van der Waals surface area contributed by atoms with Crippen LogP contribution in [0.1, 0.15) is 38.1 Å². The van der Waals surface area contributed by atoms with Crippen molar-refractivity contribution < 1.29 is 9.53 Å². The highest BCUT2D eigenvalue weighted by molar-refractivity contribution is 7.98. The molecule has 0 saturated carbocycles. The molecule has 0 bridgehead atoms. The van der Waals surface area contributed by atoms with Crippen LogP contribution in [0.25, 0.3) is 16.9 Å². The van der Waals surface area contributed by atoms with Gasteiger partial charge in [-0.15, -0.1) is 11.8 Å². The Kier molecular flexibility index (Phi) is 10.3. The Hall–Kier alpha value is -4.10. The fourth-order valence-electron chi connectivity index (χ4n) is 3.43. The Morgan fingerprint density at radius 2 is 1.65 bits per heavy atom. The molecule has 2 aromatic carbocycles. The van der Waals surface area contributed by atoms with Gasteiger partial charge in [0.25, 0.3) is 5.91 Å². The van der Waals surface area contributed by atoms with E-state index in [2.05, 4.69) is 15.3 Å². The summed E-state index contributed by atoms with van der Waals surface area (Å²) in [4.78, 5) is 22.7.